The normalized spacial score (nSPS) is 9.62. The van der Waals surface area contributed by atoms with Crippen molar-refractivity contribution in [2.24, 2.45) is 0 Å². The van der Waals surface area contributed by atoms with Crippen LogP contribution in [0.1, 0.15) is 23.2 Å². The standard InChI is InChI=1S/C9H11NO3/c1-13-9(12)3-2-8(11)7-4-5-10-6-7/h4-6,10H,2-3H2,1H3. The lowest BCUT2D eigenvalue weighted by Crippen LogP contribution is -2.05. The summed E-state index contributed by atoms with van der Waals surface area (Å²) in [6.45, 7) is 0. The van der Waals surface area contributed by atoms with Crippen LogP contribution in [-0.4, -0.2) is 23.8 Å². The number of carbonyl (C=O) groups excluding carboxylic acids is 2. The van der Waals surface area contributed by atoms with E-state index in [4.69, 9.17) is 0 Å². The highest BCUT2D eigenvalue weighted by Crippen LogP contribution is 2.04. The summed E-state index contributed by atoms with van der Waals surface area (Å²) >= 11 is 0. The zero-order valence-corrected chi connectivity index (χ0v) is 7.37. The predicted molar refractivity (Wildman–Crippen MR) is 46.4 cm³/mol. The van der Waals surface area contributed by atoms with E-state index in [1.165, 1.54) is 7.11 Å². The summed E-state index contributed by atoms with van der Waals surface area (Å²) in [5.41, 5.74) is 0.601. The SMILES string of the molecule is COC(=O)CCC(=O)c1cc[nH]c1. The van der Waals surface area contributed by atoms with Crippen molar-refractivity contribution in [3.63, 3.8) is 0 Å². The number of methoxy groups -OCH3 is 1. The second-order valence-electron chi connectivity index (χ2n) is 2.60. The highest BCUT2D eigenvalue weighted by atomic mass is 16.5. The fraction of sp³-hybridized carbons (Fsp3) is 0.333. The Morgan fingerprint density at radius 3 is 2.77 bits per heavy atom. The fourth-order valence-electron chi connectivity index (χ4n) is 0.959. The first kappa shape index (κ1) is 9.51. The lowest BCUT2D eigenvalue weighted by Gasteiger charge is -1.96. The molecule has 0 saturated heterocycles. The zero-order chi connectivity index (χ0) is 9.68. The molecule has 1 N–H and O–H groups in total. The quantitative estimate of drug-likeness (QED) is 0.560. The summed E-state index contributed by atoms with van der Waals surface area (Å²) < 4.78 is 4.42. The summed E-state index contributed by atoms with van der Waals surface area (Å²) in [6.07, 6.45) is 3.62. The molecule has 70 valence electrons. The summed E-state index contributed by atoms with van der Waals surface area (Å²) in [5.74, 6) is -0.407. The van der Waals surface area contributed by atoms with Gasteiger partial charge in [0.25, 0.3) is 0 Å². The van der Waals surface area contributed by atoms with Crippen LogP contribution >= 0.6 is 0 Å². The van der Waals surface area contributed by atoms with Crippen LogP contribution in [0.25, 0.3) is 0 Å². The molecule has 0 aliphatic carbocycles. The van der Waals surface area contributed by atoms with Crippen LogP contribution in [0, 0.1) is 0 Å². The average molecular weight is 181 g/mol. The van der Waals surface area contributed by atoms with Crippen LogP contribution in [0.3, 0.4) is 0 Å². The van der Waals surface area contributed by atoms with E-state index in [-0.39, 0.29) is 24.6 Å². The Hall–Kier alpha value is -1.58. The molecular formula is C9H11NO3. The maximum absolute atomic E-state index is 11.3. The molecule has 0 aromatic carbocycles. The summed E-state index contributed by atoms with van der Waals surface area (Å²) in [5, 5.41) is 0. The number of hydrogen-bond acceptors (Lipinski definition) is 3. The Bertz CT molecular complexity index is 290. The Morgan fingerprint density at radius 2 is 2.23 bits per heavy atom. The first-order chi connectivity index (χ1) is 6.24. The van der Waals surface area contributed by atoms with Gasteiger partial charge in [-0.15, -0.1) is 0 Å². The smallest absolute Gasteiger partial charge is 0.305 e. The Labute approximate surface area is 75.9 Å². The molecule has 1 heterocycles. The van der Waals surface area contributed by atoms with Gasteiger partial charge in [0, 0.05) is 24.4 Å². The van der Waals surface area contributed by atoms with Crippen molar-refractivity contribution in [1.29, 1.82) is 0 Å². The predicted octanol–water partition coefficient (Wildman–Crippen LogP) is 1.15. The summed E-state index contributed by atoms with van der Waals surface area (Å²) in [6, 6.07) is 1.68. The second-order valence-corrected chi connectivity index (χ2v) is 2.60. The molecule has 0 atom stereocenters. The number of H-pyrrole nitrogens is 1. The van der Waals surface area contributed by atoms with Crippen LogP contribution in [-0.2, 0) is 9.53 Å². The first-order valence-corrected chi connectivity index (χ1v) is 3.97. The largest absolute Gasteiger partial charge is 0.469 e. The number of hydrogen-bond donors (Lipinski definition) is 1. The highest BCUT2D eigenvalue weighted by molar-refractivity contribution is 5.97. The van der Waals surface area contributed by atoms with E-state index < -0.39 is 0 Å². The average Bonchev–Trinajstić information content (AvgIpc) is 2.66. The Balaban J connectivity index is 2.39. The number of carbonyl (C=O) groups is 2. The lowest BCUT2D eigenvalue weighted by molar-refractivity contribution is -0.140. The zero-order valence-electron chi connectivity index (χ0n) is 7.37. The van der Waals surface area contributed by atoms with E-state index in [1.54, 1.807) is 18.5 Å². The molecule has 0 bridgehead atoms. The van der Waals surface area contributed by atoms with Crippen LogP contribution in [0.2, 0.25) is 0 Å². The van der Waals surface area contributed by atoms with Gasteiger partial charge in [0.1, 0.15) is 0 Å². The molecule has 0 fully saturated rings. The number of nitrogens with one attached hydrogen (secondary N) is 1. The minimum absolute atomic E-state index is 0.0494. The van der Waals surface area contributed by atoms with E-state index in [0.29, 0.717) is 5.56 Å². The van der Waals surface area contributed by atoms with Gasteiger partial charge in [0.05, 0.1) is 13.5 Å². The minimum atomic E-state index is -0.358. The van der Waals surface area contributed by atoms with Gasteiger partial charge in [0.2, 0.25) is 0 Å². The summed E-state index contributed by atoms with van der Waals surface area (Å²) in [4.78, 5) is 24.8. The van der Waals surface area contributed by atoms with Gasteiger partial charge in [-0.25, -0.2) is 0 Å². The van der Waals surface area contributed by atoms with Crippen LogP contribution in [0.4, 0.5) is 0 Å². The van der Waals surface area contributed by atoms with Crippen molar-refractivity contribution in [2.45, 2.75) is 12.8 Å². The van der Waals surface area contributed by atoms with Gasteiger partial charge in [-0.1, -0.05) is 0 Å². The Kier molecular flexibility index (Phi) is 3.25. The molecule has 13 heavy (non-hydrogen) atoms. The first-order valence-electron chi connectivity index (χ1n) is 3.97. The molecule has 0 unspecified atom stereocenters. The van der Waals surface area contributed by atoms with Crippen molar-refractivity contribution >= 4 is 11.8 Å². The highest BCUT2D eigenvalue weighted by Gasteiger charge is 2.08. The maximum atomic E-state index is 11.3. The van der Waals surface area contributed by atoms with Gasteiger partial charge < -0.3 is 9.72 Å². The van der Waals surface area contributed by atoms with Crippen LogP contribution in [0.15, 0.2) is 18.5 Å². The topological polar surface area (TPSA) is 59.2 Å². The molecule has 4 nitrogen and oxygen atoms in total. The number of aromatic amines is 1. The third kappa shape index (κ3) is 2.74. The Morgan fingerprint density at radius 1 is 1.46 bits per heavy atom. The summed E-state index contributed by atoms with van der Waals surface area (Å²) in [7, 11) is 1.31. The van der Waals surface area contributed by atoms with E-state index in [9.17, 15) is 9.59 Å². The third-order valence-corrected chi connectivity index (χ3v) is 1.70. The number of ketones is 1. The van der Waals surface area contributed by atoms with Gasteiger partial charge in [0.15, 0.2) is 5.78 Å². The number of esters is 1. The molecular weight excluding hydrogens is 170 g/mol. The van der Waals surface area contributed by atoms with Crippen molar-refractivity contribution in [3.05, 3.63) is 24.0 Å². The molecule has 1 rings (SSSR count). The van der Waals surface area contributed by atoms with Gasteiger partial charge >= 0.3 is 5.97 Å². The number of Topliss-reactive ketones (excluding diaryl/α,β-unsaturated/α-hetero) is 1. The van der Waals surface area contributed by atoms with E-state index in [1.807, 2.05) is 0 Å². The molecule has 0 saturated carbocycles. The fourth-order valence-corrected chi connectivity index (χ4v) is 0.959. The monoisotopic (exact) mass is 181 g/mol. The van der Waals surface area contributed by atoms with E-state index in [2.05, 4.69) is 9.72 Å². The third-order valence-electron chi connectivity index (χ3n) is 1.70. The molecule has 0 aliphatic rings. The second kappa shape index (κ2) is 4.45. The molecule has 0 spiro atoms. The molecule has 1 aromatic heterocycles. The van der Waals surface area contributed by atoms with Gasteiger partial charge in [-0.3, -0.25) is 9.59 Å². The van der Waals surface area contributed by atoms with Crippen molar-refractivity contribution in [3.8, 4) is 0 Å². The number of ether oxygens (including phenoxy) is 1. The molecule has 0 radical (unpaired) electrons. The maximum Gasteiger partial charge on any atom is 0.305 e. The molecule has 1 aromatic rings. The van der Waals surface area contributed by atoms with Crippen molar-refractivity contribution in [2.75, 3.05) is 7.11 Å². The van der Waals surface area contributed by atoms with Crippen LogP contribution in [0.5, 0.6) is 0 Å². The molecule has 4 heteroatoms. The lowest BCUT2D eigenvalue weighted by atomic mass is 10.1. The minimum Gasteiger partial charge on any atom is -0.469 e. The van der Waals surface area contributed by atoms with E-state index in [0.717, 1.165) is 0 Å². The van der Waals surface area contributed by atoms with Gasteiger partial charge in [-0.2, -0.15) is 0 Å². The van der Waals surface area contributed by atoms with Crippen molar-refractivity contribution < 1.29 is 14.3 Å². The van der Waals surface area contributed by atoms with Crippen molar-refractivity contribution in [1.82, 2.24) is 4.98 Å². The number of rotatable bonds is 4. The van der Waals surface area contributed by atoms with E-state index >= 15 is 0 Å². The molecule has 0 aliphatic heterocycles. The van der Waals surface area contributed by atoms with Gasteiger partial charge in [-0.05, 0) is 6.07 Å². The number of aromatic nitrogens is 1. The van der Waals surface area contributed by atoms with Crippen LogP contribution < -0.4 is 0 Å². The molecule has 0 amide bonds.